The lowest BCUT2D eigenvalue weighted by atomic mass is 10.2. The second kappa shape index (κ2) is 9.54. The maximum absolute atomic E-state index is 13.4. The van der Waals surface area contributed by atoms with Crippen molar-refractivity contribution in [1.29, 1.82) is 0 Å². The maximum atomic E-state index is 13.4. The Morgan fingerprint density at radius 2 is 1.91 bits per heavy atom. The van der Waals surface area contributed by atoms with Gasteiger partial charge in [-0.25, -0.2) is 13.4 Å². The molecule has 0 bridgehead atoms. The molecule has 166 valence electrons. The highest BCUT2D eigenvalue weighted by atomic mass is 35.5. The summed E-state index contributed by atoms with van der Waals surface area (Å²) in [6.45, 7) is 4.90. The van der Waals surface area contributed by atoms with Crippen LogP contribution < -0.4 is 4.90 Å². The molecule has 2 aromatic carbocycles. The highest BCUT2D eigenvalue weighted by Crippen LogP contribution is 2.31. The van der Waals surface area contributed by atoms with Crippen molar-refractivity contribution in [2.24, 2.45) is 0 Å². The summed E-state index contributed by atoms with van der Waals surface area (Å²) >= 11 is 7.58. The highest BCUT2D eigenvalue weighted by molar-refractivity contribution is 7.89. The number of thiazole rings is 1. The Hall–Kier alpha value is -2.52. The van der Waals surface area contributed by atoms with Gasteiger partial charge in [-0.1, -0.05) is 48.0 Å². The van der Waals surface area contributed by atoms with Gasteiger partial charge in [0.05, 0.1) is 10.7 Å². The number of halogens is 1. The average molecular weight is 488 g/mol. The van der Waals surface area contributed by atoms with Crippen LogP contribution in [0.2, 0.25) is 5.02 Å². The molecule has 4 rings (SSSR count). The van der Waals surface area contributed by atoms with Crippen molar-refractivity contribution in [3.8, 4) is 11.3 Å². The van der Waals surface area contributed by atoms with Crippen molar-refractivity contribution in [3.05, 3.63) is 77.2 Å². The molecule has 0 aliphatic carbocycles. The fourth-order valence-corrected chi connectivity index (χ4v) is 6.42. The summed E-state index contributed by atoms with van der Waals surface area (Å²) in [6, 6.07) is 14.0. The quantitative estimate of drug-likeness (QED) is 0.436. The Morgan fingerprint density at radius 3 is 2.59 bits per heavy atom. The van der Waals surface area contributed by atoms with Crippen molar-refractivity contribution >= 4 is 44.0 Å². The smallest absolute Gasteiger partial charge is 0.260 e. The number of benzene rings is 2. The lowest BCUT2D eigenvalue weighted by Gasteiger charge is -2.20. The zero-order chi connectivity index (χ0) is 22.7. The van der Waals surface area contributed by atoms with Gasteiger partial charge in [-0.2, -0.15) is 4.31 Å². The van der Waals surface area contributed by atoms with E-state index in [4.69, 9.17) is 11.6 Å². The largest absolute Gasteiger partial charge is 0.280 e. The Morgan fingerprint density at radius 1 is 1.19 bits per heavy atom. The number of anilines is 1. The Balaban J connectivity index is 1.67. The first kappa shape index (κ1) is 22.7. The SMILES string of the molecule is C=CCN(C(=O)c1ccc(Cl)c(S(=O)(=O)N2CCCC2)c1)c1nc(-c2ccccc2)cs1. The lowest BCUT2D eigenvalue weighted by Crippen LogP contribution is -2.32. The van der Waals surface area contributed by atoms with Gasteiger partial charge in [0.2, 0.25) is 10.0 Å². The molecule has 0 atom stereocenters. The summed E-state index contributed by atoms with van der Waals surface area (Å²) in [5.74, 6) is -0.367. The fraction of sp³-hybridized carbons (Fsp3) is 0.217. The van der Waals surface area contributed by atoms with E-state index in [0.29, 0.717) is 18.2 Å². The molecule has 1 aliphatic heterocycles. The predicted octanol–water partition coefficient (Wildman–Crippen LogP) is 5.08. The van der Waals surface area contributed by atoms with E-state index in [1.807, 2.05) is 35.7 Å². The van der Waals surface area contributed by atoms with E-state index in [9.17, 15) is 13.2 Å². The van der Waals surface area contributed by atoms with Gasteiger partial charge in [0.1, 0.15) is 4.90 Å². The van der Waals surface area contributed by atoms with Crippen LogP contribution in [0.5, 0.6) is 0 Å². The molecule has 1 fully saturated rings. The fourth-order valence-electron chi connectivity index (χ4n) is 3.56. The Bertz CT molecular complexity index is 1240. The van der Waals surface area contributed by atoms with Crippen LogP contribution >= 0.6 is 22.9 Å². The third-order valence-corrected chi connectivity index (χ3v) is 8.45. The van der Waals surface area contributed by atoms with Crippen LogP contribution in [0.15, 0.2) is 71.5 Å². The van der Waals surface area contributed by atoms with Crippen LogP contribution in [0.4, 0.5) is 5.13 Å². The van der Waals surface area contributed by atoms with Gasteiger partial charge >= 0.3 is 0 Å². The molecule has 1 amide bonds. The summed E-state index contributed by atoms with van der Waals surface area (Å²) in [5, 5.41) is 2.50. The normalized spacial score (nSPS) is 14.4. The molecular weight excluding hydrogens is 466 g/mol. The number of hydrogen-bond acceptors (Lipinski definition) is 5. The number of carbonyl (C=O) groups is 1. The molecule has 9 heteroatoms. The van der Waals surface area contributed by atoms with Gasteiger partial charge in [0.25, 0.3) is 5.91 Å². The van der Waals surface area contributed by atoms with E-state index in [1.54, 1.807) is 6.08 Å². The van der Waals surface area contributed by atoms with E-state index >= 15 is 0 Å². The molecular formula is C23H22ClN3O3S2. The summed E-state index contributed by atoms with van der Waals surface area (Å²) in [7, 11) is -3.76. The summed E-state index contributed by atoms with van der Waals surface area (Å²) in [6.07, 6.45) is 3.24. The average Bonchev–Trinajstić information content (AvgIpc) is 3.51. The zero-order valence-electron chi connectivity index (χ0n) is 17.3. The van der Waals surface area contributed by atoms with Crippen LogP contribution in [0.1, 0.15) is 23.2 Å². The van der Waals surface area contributed by atoms with Crippen molar-refractivity contribution < 1.29 is 13.2 Å². The zero-order valence-corrected chi connectivity index (χ0v) is 19.7. The highest BCUT2D eigenvalue weighted by Gasteiger charge is 2.30. The lowest BCUT2D eigenvalue weighted by molar-refractivity contribution is 0.0989. The third-order valence-electron chi connectivity index (χ3n) is 5.21. The molecule has 6 nitrogen and oxygen atoms in total. The number of carbonyl (C=O) groups excluding carboxylic acids is 1. The number of nitrogens with zero attached hydrogens (tertiary/aromatic N) is 3. The van der Waals surface area contributed by atoms with Gasteiger partial charge in [0.15, 0.2) is 5.13 Å². The molecule has 0 radical (unpaired) electrons. The molecule has 1 aliphatic rings. The Labute approximate surface area is 196 Å². The van der Waals surface area contributed by atoms with Gasteiger partial charge in [0, 0.05) is 36.1 Å². The molecule has 1 saturated heterocycles. The van der Waals surface area contributed by atoms with Crippen LogP contribution in [0.3, 0.4) is 0 Å². The monoisotopic (exact) mass is 487 g/mol. The molecule has 32 heavy (non-hydrogen) atoms. The van der Waals surface area contributed by atoms with E-state index in [-0.39, 0.29) is 27.9 Å². The number of amides is 1. The second-order valence-corrected chi connectivity index (χ2v) is 10.5. The molecule has 0 unspecified atom stereocenters. The third kappa shape index (κ3) is 4.49. The van der Waals surface area contributed by atoms with Gasteiger partial charge in [-0.05, 0) is 31.0 Å². The minimum absolute atomic E-state index is 0.0467. The summed E-state index contributed by atoms with van der Waals surface area (Å²) < 4.78 is 27.5. The van der Waals surface area contributed by atoms with Gasteiger partial charge in [-0.15, -0.1) is 17.9 Å². The van der Waals surface area contributed by atoms with Crippen molar-refractivity contribution in [3.63, 3.8) is 0 Å². The topological polar surface area (TPSA) is 70.6 Å². The van der Waals surface area contributed by atoms with Crippen LogP contribution in [0, 0.1) is 0 Å². The first-order chi connectivity index (χ1) is 15.4. The minimum atomic E-state index is -3.76. The second-order valence-electron chi connectivity index (χ2n) is 7.34. The molecule has 2 heterocycles. The first-order valence-electron chi connectivity index (χ1n) is 10.1. The molecule has 0 spiro atoms. The van der Waals surface area contributed by atoms with Crippen molar-refractivity contribution in [2.75, 3.05) is 24.5 Å². The number of rotatable bonds is 7. The van der Waals surface area contributed by atoms with E-state index in [2.05, 4.69) is 11.6 Å². The van der Waals surface area contributed by atoms with E-state index < -0.39 is 10.0 Å². The molecule has 0 saturated carbocycles. The van der Waals surface area contributed by atoms with E-state index in [0.717, 1.165) is 24.1 Å². The van der Waals surface area contributed by atoms with Crippen LogP contribution in [0.25, 0.3) is 11.3 Å². The maximum Gasteiger partial charge on any atom is 0.260 e. The molecule has 1 aromatic heterocycles. The summed E-state index contributed by atoms with van der Waals surface area (Å²) in [4.78, 5) is 19.4. The Kier molecular flexibility index (Phi) is 6.76. The van der Waals surface area contributed by atoms with Gasteiger partial charge < -0.3 is 0 Å². The standard InChI is InChI=1S/C23H22ClN3O3S2/c1-2-12-27(23-25-20(16-31-23)17-8-4-3-5-9-17)22(28)18-10-11-19(24)21(15-18)32(29,30)26-13-6-7-14-26/h2-5,8-11,15-16H,1,6-7,12-14H2. The minimum Gasteiger partial charge on any atom is -0.280 e. The first-order valence-corrected chi connectivity index (χ1v) is 12.8. The van der Waals surface area contributed by atoms with Gasteiger partial charge in [-0.3, -0.25) is 9.69 Å². The molecule has 3 aromatic rings. The van der Waals surface area contributed by atoms with Crippen LogP contribution in [-0.2, 0) is 10.0 Å². The van der Waals surface area contributed by atoms with Crippen molar-refractivity contribution in [2.45, 2.75) is 17.7 Å². The van der Waals surface area contributed by atoms with Crippen molar-refractivity contribution in [1.82, 2.24) is 9.29 Å². The molecule has 0 N–H and O–H groups in total. The van der Waals surface area contributed by atoms with Crippen LogP contribution in [-0.4, -0.2) is 43.2 Å². The predicted molar refractivity (Wildman–Crippen MR) is 129 cm³/mol. The number of aromatic nitrogens is 1. The van der Waals surface area contributed by atoms with E-state index in [1.165, 1.54) is 38.7 Å². The number of sulfonamides is 1. The summed E-state index contributed by atoms with van der Waals surface area (Å²) in [5.41, 5.74) is 1.94. The number of hydrogen-bond donors (Lipinski definition) is 0.